The summed E-state index contributed by atoms with van der Waals surface area (Å²) in [4.78, 5) is 9.15. The van der Waals surface area contributed by atoms with Crippen molar-refractivity contribution in [3.63, 3.8) is 0 Å². The van der Waals surface area contributed by atoms with Crippen LogP contribution in [0.3, 0.4) is 0 Å². The molecule has 0 radical (unpaired) electrons. The highest BCUT2D eigenvalue weighted by atomic mass is 32.1. The number of nitrogens with one attached hydrogen (secondary N) is 1. The number of aromatic nitrogens is 2. The molecule has 0 amide bonds. The largest absolute Gasteiger partial charge is 0.324 e. The van der Waals surface area contributed by atoms with E-state index in [9.17, 15) is 0 Å². The van der Waals surface area contributed by atoms with Crippen LogP contribution in [0.25, 0.3) is 32.6 Å². The van der Waals surface area contributed by atoms with Crippen LogP contribution in [-0.2, 0) is 0 Å². The van der Waals surface area contributed by atoms with Crippen molar-refractivity contribution in [1.82, 2.24) is 9.97 Å². The SMILES string of the molecule is C=C/C(Nc1ncc2sc3ccccc3c2n1)=c1/ccccc1=C. The van der Waals surface area contributed by atoms with Crippen LogP contribution in [0.1, 0.15) is 0 Å². The van der Waals surface area contributed by atoms with Crippen LogP contribution in [-0.4, -0.2) is 9.97 Å². The number of thiophene rings is 1. The van der Waals surface area contributed by atoms with Gasteiger partial charge >= 0.3 is 0 Å². The van der Waals surface area contributed by atoms with Gasteiger partial charge in [0.1, 0.15) is 0 Å². The van der Waals surface area contributed by atoms with Gasteiger partial charge in [-0.05, 0) is 17.4 Å². The van der Waals surface area contributed by atoms with Gasteiger partial charge in [-0.2, -0.15) is 0 Å². The summed E-state index contributed by atoms with van der Waals surface area (Å²) in [5.74, 6) is 0.559. The minimum absolute atomic E-state index is 0.559. The summed E-state index contributed by atoms with van der Waals surface area (Å²) in [6.07, 6.45) is 3.63. The van der Waals surface area contributed by atoms with Crippen molar-refractivity contribution < 1.29 is 0 Å². The van der Waals surface area contributed by atoms with Crippen molar-refractivity contribution in [2.24, 2.45) is 0 Å². The fraction of sp³-hybridized carbons (Fsp3) is 0. The predicted octanol–water partition coefficient (Wildman–Crippen LogP) is 3.66. The molecule has 1 N–H and O–H groups in total. The van der Waals surface area contributed by atoms with E-state index in [0.717, 1.165) is 31.7 Å². The first-order chi connectivity index (χ1) is 11.8. The Morgan fingerprint density at radius 2 is 1.83 bits per heavy atom. The predicted molar refractivity (Wildman–Crippen MR) is 103 cm³/mol. The lowest BCUT2D eigenvalue weighted by molar-refractivity contribution is 1.22. The summed E-state index contributed by atoms with van der Waals surface area (Å²) >= 11 is 1.70. The lowest BCUT2D eigenvalue weighted by Gasteiger charge is -2.06. The molecule has 0 aliphatic rings. The number of hydrogen-bond acceptors (Lipinski definition) is 4. The van der Waals surface area contributed by atoms with Crippen molar-refractivity contribution in [1.29, 1.82) is 0 Å². The van der Waals surface area contributed by atoms with Gasteiger partial charge in [-0.1, -0.05) is 55.6 Å². The zero-order chi connectivity index (χ0) is 16.5. The minimum atomic E-state index is 0.559. The Labute approximate surface area is 143 Å². The van der Waals surface area contributed by atoms with E-state index in [2.05, 4.69) is 35.6 Å². The Morgan fingerprint density at radius 3 is 2.67 bits per heavy atom. The van der Waals surface area contributed by atoms with E-state index < -0.39 is 0 Å². The van der Waals surface area contributed by atoms with Gasteiger partial charge in [0.2, 0.25) is 5.95 Å². The number of nitrogens with zero attached hydrogens (tertiary/aromatic N) is 2. The van der Waals surface area contributed by atoms with Gasteiger partial charge in [-0.25, -0.2) is 9.97 Å². The molecule has 116 valence electrons. The summed E-state index contributed by atoms with van der Waals surface area (Å²) in [5, 5.41) is 6.35. The molecular formula is C20H15N3S. The molecule has 0 saturated heterocycles. The molecule has 24 heavy (non-hydrogen) atoms. The van der Waals surface area contributed by atoms with E-state index in [1.165, 1.54) is 4.70 Å². The molecule has 0 fully saturated rings. The summed E-state index contributed by atoms with van der Waals surface area (Å²) in [7, 11) is 0. The molecule has 0 aliphatic heterocycles. The van der Waals surface area contributed by atoms with Gasteiger partial charge in [0, 0.05) is 21.0 Å². The van der Waals surface area contributed by atoms with E-state index in [1.807, 2.05) is 42.6 Å². The van der Waals surface area contributed by atoms with Crippen molar-refractivity contribution in [3.8, 4) is 0 Å². The van der Waals surface area contributed by atoms with E-state index in [1.54, 1.807) is 17.4 Å². The van der Waals surface area contributed by atoms with Crippen LogP contribution < -0.4 is 15.8 Å². The molecule has 4 aromatic rings. The van der Waals surface area contributed by atoms with E-state index in [4.69, 9.17) is 4.98 Å². The second kappa shape index (κ2) is 5.91. The van der Waals surface area contributed by atoms with Gasteiger partial charge < -0.3 is 5.32 Å². The molecule has 0 aliphatic carbocycles. The van der Waals surface area contributed by atoms with Gasteiger partial charge in [0.15, 0.2) is 0 Å². The van der Waals surface area contributed by atoms with Gasteiger partial charge in [0.05, 0.1) is 16.4 Å². The van der Waals surface area contributed by atoms with Crippen LogP contribution in [0, 0.1) is 0 Å². The zero-order valence-corrected chi connectivity index (χ0v) is 13.8. The highest BCUT2D eigenvalue weighted by Gasteiger charge is 2.08. The average Bonchev–Trinajstić information content (AvgIpc) is 2.98. The molecule has 0 bridgehead atoms. The molecule has 0 saturated carbocycles. The van der Waals surface area contributed by atoms with Crippen molar-refractivity contribution in [3.05, 3.63) is 77.8 Å². The van der Waals surface area contributed by atoms with Gasteiger partial charge in [-0.15, -0.1) is 11.3 Å². The number of fused-ring (bicyclic) bond motifs is 3. The fourth-order valence-corrected chi connectivity index (χ4v) is 3.72. The number of rotatable bonds is 3. The Balaban J connectivity index is 1.86. The fourth-order valence-electron chi connectivity index (χ4n) is 2.70. The summed E-state index contributed by atoms with van der Waals surface area (Å²) in [6, 6.07) is 16.2. The van der Waals surface area contributed by atoms with Crippen LogP contribution in [0.4, 0.5) is 5.95 Å². The van der Waals surface area contributed by atoms with Crippen LogP contribution >= 0.6 is 11.3 Å². The second-order valence-electron chi connectivity index (χ2n) is 5.40. The molecule has 2 aromatic carbocycles. The van der Waals surface area contributed by atoms with Crippen molar-refractivity contribution >= 4 is 49.9 Å². The highest BCUT2D eigenvalue weighted by Crippen LogP contribution is 2.32. The van der Waals surface area contributed by atoms with E-state index in [0.29, 0.717) is 5.95 Å². The first kappa shape index (κ1) is 14.6. The summed E-state index contributed by atoms with van der Waals surface area (Å²) in [5.41, 5.74) is 1.82. The van der Waals surface area contributed by atoms with E-state index >= 15 is 0 Å². The minimum Gasteiger partial charge on any atom is -0.324 e. The van der Waals surface area contributed by atoms with Gasteiger partial charge in [-0.3, -0.25) is 0 Å². The normalized spacial score (nSPS) is 12.3. The average molecular weight is 329 g/mol. The van der Waals surface area contributed by atoms with Crippen LogP contribution in [0.2, 0.25) is 0 Å². The van der Waals surface area contributed by atoms with Crippen molar-refractivity contribution in [2.45, 2.75) is 0 Å². The topological polar surface area (TPSA) is 37.8 Å². The maximum atomic E-state index is 4.71. The molecule has 2 heterocycles. The van der Waals surface area contributed by atoms with Gasteiger partial charge in [0.25, 0.3) is 0 Å². The third-order valence-corrected chi connectivity index (χ3v) is 4.97. The Kier molecular flexibility index (Phi) is 3.59. The third kappa shape index (κ3) is 2.47. The first-order valence-corrected chi connectivity index (χ1v) is 8.40. The molecule has 4 rings (SSSR count). The number of benzene rings is 2. The standard InChI is InChI=1S/C20H15N3S/c1-3-16(14-9-5-4-8-13(14)2)22-20-21-12-18-19(23-20)15-10-6-7-11-17(15)24-18/h3-12H,1-2H2,(H,21,22,23)/b16-14+. The molecule has 0 unspecified atom stereocenters. The molecule has 2 aromatic heterocycles. The molecule has 4 heteroatoms. The lowest BCUT2D eigenvalue weighted by Crippen LogP contribution is -2.27. The zero-order valence-electron chi connectivity index (χ0n) is 13.0. The van der Waals surface area contributed by atoms with E-state index in [-0.39, 0.29) is 0 Å². The third-order valence-electron chi connectivity index (χ3n) is 3.88. The summed E-state index contributed by atoms with van der Waals surface area (Å²) < 4.78 is 2.30. The van der Waals surface area contributed by atoms with Crippen molar-refractivity contribution in [2.75, 3.05) is 5.32 Å². The Hall–Kier alpha value is -2.98. The summed E-state index contributed by atoms with van der Waals surface area (Å²) in [6.45, 7) is 7.96. The molecule has 3 nitrogen and oxygen atoms in total. The maximum Gasteiger partial charge on any atom is 0.227 e. The number of anilines is 1. The van der Waals surface area contributed by atoms with Crippen LogP contribution in [0.15, 0.2) is 67.4 Å². The first-order valence-electron chi connectivity index (χ1n) is 7.58. The Bertz CT molecular complexity index is 1170. The monoisotopic (exact) mass is 329 g/mol. The molecular weight excluding hydrogens is 314 g/mol. The Morgan fingerprint density at radius 1 is 1.04 bits per heavy atom. The van der Waals surface area contributed by atoms with Crippen LogP contribution in [0.5, 0.6) is 0 Å². The quantitative estimate of drug-likeness (QED) is 0.623. The second-order valence-corrected chi connectivity index (χ2v) is 6.49. The highest BCUT2D eigenvalue weighted by molar-refractivity contribution is 7.25. The lowest BCUT2D eigenvalue weighted by atomic mass is 10.2. The molecule has 0 atom stereocenters. The molecule has 0 spiro atoms. The smallest absolute Gasteiger partial charge is 0.227 e. The maximum absolute atomic E-state index is 4.71. The number of hydrogen-bond donors (Lipinski definition) is 1.